The lowest BCUT2D eigenvalue weighted by Gasteiger charge is -2.31. The molecule has 2 rings (SSSR count). The molecule has 2 amide bonds. The third-order valence-corrected chi connectivity index (χ3v) is 3.93. The van der Waals surface area contributed by atoms with E-state index in [0.29, 0.717) is 0 Å². The van der Waals surface area contributed by atoms with E-state index in [9.17, 15) is 4.79 Å². The van der Waals surface area contributed by atoms with Crippen LogP contribution >= 0.6 is 11.6 Å². The normalized spacial score (nSPS) is 19.8. The molecule has 3 nitrogen and oxygen atoms in total. The Bertz CT molecular complexity index is 444. The quantitative estimate of drug-likeness (QED) is 0.863. The minimum atomic E-state index is 0.0434. The highest BCUT2D eigenvalue weighted by Gasteiger charge is 2.26. The van der Waals surface area contributed by atoms with Crippen LogP contribution in [0.4, 0.5) is 4.79 Å². The van der Waals surface area contributed by atoms with Gasteiger partial charge in [0.05, 0.1) is 6.04 Å². The number of carbonyl (C=O) groups excluding carboxylic acids is 1. The van der Waals surface area contributed by atoms with Crippen LogP contribution in [0.1, 0.15) is 51.1 Å². The highest BCUT2D eigenvalue weighted by atomic mass is 35.5. The van der Waals surface area contributed by atoms with Gasteiger partial charge in [0.2, 0.25) is 0 Å². The Morgan fingerprint density at radius 1 is 1.25 bits per heavy atom. The number of nitrogens with one attached hydrogen (secondary N) is 1. The van der Waals surface area contributed by atoms with Gasteiger partial charge < -0.3 is 10.2 Å². The van der Waals surface area contributed by atoms with Gasteiger partial charge in [-0.3, -0.25) is 0 Å². The van der Waals surface area contributed by atoms with Crippen molar-refractivity contribution in [1.29, 1.82) is 0 Å². The van der Waals surface area contributed by atoms with Crippen molar-refractivity contribution in [2.24, 2.45) is 0 Å². The molecule has 4 heteroatoms. The van der Waals surface area contributed by atoms with E-state index < -0.39 is 0 Å². The number of halogens is 1. The standard InChI is InChI=1S/C16H23ClN2O/c1-12(2)18-16(20)19-11-5-3-4-6-15(19)13-7-9-14(17)10-8-13/h7-10,12,15H,3-6,11H2,1-2H3,(H,18,20)/t15-/m0/s1. The van der Waals surface area contributed by atoms with E-state index in [0.717, 1.165) is 24.4 Å². The van der Waals surface area contributed by atoms with Crippen molar-refractivity contribution in [3.8, 4) is 0 Å². The summed E-state index contributed by atoms with van der Waals surface area (Å²) in [4.78, 5) is 14.4. The molecular formula is C16H23ClN2O. The van der Waals surface area contributed by atoms with Gasteiger partial charge >= 0.3 is 6.03 Å². The number of hydrogen-bond donors (Lipinski definition) is 1. The molecule has 1 fully saturated rings. The van der Waals surface area contributed by atoms with Crippen LogP contribution in [0.2, 0.25) is 5.02 Å². The fraction of sp³-hybridized carbons (Fsp3) is 0.562. The second kappa shape index (κ2) is 6.98. The number of hydrogen-bond acceptors (Lipinski definition) is 1. The summed E-state index contributed by atoms with van der Waals surface area (Å²) >= 11 is 5.96. The number of likely N-dealkylation sites (tertiary alicyclic amines) is 1. The van der Waals surface area contributed by atoms with Crippen molar-refractivity contribution < 1.29 is 4.79 Å². The molecule has 1 aromatic rings. The molecule has 1 aliphatic rings. The van der Waals surface area contributed by atoms with E-state index in [1.165, 1.54) is 18.4 Å². The van der Waals surface area contributed by atoms with Crippen molar-refractivity contribution in [1.82, 2.24) is 10.2 Å². The first-order valence-corrected chi connectivity index (χ1v) is 7.78. The number of nitrogens with zero attached hydrogens (tertiary/aromatic N) is 1. The third kappa shape index (κ3) is 3.89. The number of carbonyl (C=O) groups is 1. The van der Waals surface area contributed by atoms with Gasteiger partial charge in [-0.05, 0) is 44.4 Å². The third-order valence-electron chi connectivity index (χ3n) is 3.68. The molecule has 1 aromatic carbocycles. The van der Waals surface area contributed by atoms with Crippen molar-refractivity contribution >= 4 is 17.6 Å². The fourth-order valence-corrected chi connectivity index (χ4v) is 2.84. The van der Waals surface area contributed by atoms with E-state index in [-0.39, 0.29) is 18.1 Å². The lowest BCUT2D eigenvalue weighted by atomic mass is 10.0. The van der Waals surface area contributed by atoms with Crippen LogP contribution in [-0.2, 0) is 0 Å². The first-order chi connectivity index (χ1) is 9.58. The maximum atomic E-state index is 12.4. The molecule has 1 aliphatic heterocycles. The molecule has 1 saturated heterocycles. The van der Waals surface area contributed by atoms with Crippen LogP contribution in [0.25, 0.3) is 0 Å². The number of rotatable bonds is 2. The molecule has 110 valence electrons. The van der Waals surface area contributed by atoms with Crippen LogP contribution in [0.5, 0.6) is 0 Å². The van der Waals surface area contributed by atoms with Gasteiger partial charge in [-0.25, -0.2) is 4.79 Å². The van der Waals surface area contributed by atoms with Crippen LogP contribution < -0.4 is 5.32 Å². The lowest BCUT2D eigenvalue weighted by molar-refractivity contribution is 0.173. The van der Waals surface area contributed by atoms with Crippen molar-refractivity contribution in [2.75, 3.05) is 6.54 Å². The van der Waals surface area contributed by atoms with Gasteiger partial charge in [0, 0.05) is 17.6 Å². The second-order valence-electron chi connectivity index (χ2n) is 5.71. The zero-order valence-corrected chi connectivity index (χ0v) is 13.0. The van der Waals surface area contributed by atoms with Crippen molar-refractivity contribution in [2.45, 2.75) is 51.6 Å². The predicted octanol–water partition coefficient (Wildman–Crippen LogP) is 4.38. The van der Waals surface area contributed by atoms with Crippen molar-refractivity contribution in [3.63, 3.8) is 0 Å². The average molecular weight is 295 g/mol. The Morgan fingerprint density at radius 2 is 1.95 bits per heavy atom. The molecule has 20 heavy (non-hydrogen) atoms. The Morgan fingerprint density at radius 3 is 2.60 bits per heavy atom. The zero-order chi connectivity index (χ0) is 14.5. The summed E-state index contributed by atoms with van der Waals surface area (Å²) < 4.78 is 0. The zero-order valence-electron chi connectivity index (χ0n) is 12.2. The van der Waals surface area contributed by atoms with Crippen LogP contribution in [0.3, 0.4) is 0 Å². The maximum absolute atomic E-state index is 12.4. The van der Waals surface area contributed by atoms with Gasteiger partial charge in [0.15, 0.2) is 0 Å². The number of amides is 2. The van der Waals surface area contributed by atoms with Crippen molar-refractivity contribution in [3.05, 3.63) is 34.9 Å². The molecule has 1 atom stereocenters. The molecule has 0 bridgehead atoms. The Kier molecular flexibility index (Phi) is 5.30. The summed E-state index contributed by atoms with van der Waals surface area (Å²) in [5.74, 6) is 0. The molecular weight excluding hydrogens is 272 g/mol. The molecule has 0 saturated carbocycles. The van der Waals surface area contributed by atoms with Gasteiger partial charge in [-0.15, -0.1) is 0 Å². The van der Waals surface area contributed by atoms with Crippen LogP contribution in [0.15, 0.2) is 24.3 Å². The van der Waals surface area contributed by atoms with Gasteiger partial charge in [-0.1, -0.05) is 36.6 Å². The van der Waals surface area contributed by atoms with Gasteiger partial charge in [-0.2, -0.15) is 0 Å². The summed E-state index contributed by atoms with van der Waals surface area (Å²) in [6, 6.07) is 8.25. The smallest absolute Gasteiger partial charge is 0.318 e. The highest BCUT2D eigenvalue weighted by molar-refractivity contribution is 6.30. The van der Waals surface area contributed by atoms with Crippen LogP contribution in [0, 0.1) is 0 Å². The van der Waals surface area contributed by atoms with E-state index >= 15 is 0 Å². The largest absolute Gasteiger partial charge is 0.336 e. The molecule has 0 spiro atoms. The first kappa shape index (κ1) is 15.2. The molecule has 1 heterocycles. The minimum Gasteiger partial charge on any atom is -0.336 e. The Hall–Kier alpha value is -1.22. The molecule has 0 radical (unpaired) electrons. The Balaban J connectivity index is 2.20. The molecule has 1 N–H and O–H groups in total. The summed E-state index contributed by atoms with van der Waals surface area (Å²) in [7, 11) is 0. The Labute approximate surface area is 126 Å². The average Bonchev–Trinajstić information content (AvgIpc) is 2.64. The summed E-state index contributed by atoms with van der Waals surface area (Å²) in [5, 5.41) is 3.75. The molecule has 0 aliphatic carbocycles. The van der Waals surface area contributed by atoms with E-state index in [2.05, 4.69) is 5.32 Å². The highest BCUT2D eigenvalue weighted by Crippen LogP contribution is 2.30. The minimum absolute atomic E-state index is 0.0434. The van der Waals surface area contributed by atoms with E-state index in [1.807, 2.05) is 43.0 Å². The summed E-state index contributed by atoms with van der Waals surface area (Å²) in [6.07, 6.45) is 4.46. The maximum Gasteiger partial charge on any atom is 0.318 e. The van der Waals surface area contributed by atoms with Gasteiger partial charge in [0.1, 0.15) is 0 Å². The monoisotopic (exact) mass is 294 g/mol. The number of benzene rings is 1. The number of urea groups is 1. The second-order valence-corrected chi connectivity index (χ2v) is 6.15. The fourth-order valence-electron chi connectivity index (χ4n) is 2.71. The SMILES string of the molecule is CC(C)NC(=O)N1CCCCC[C@H]1c1ccc(Cl)cc1. The van der Waals surface area contributed by atoms with Crippen LogP contribution in [-0.4, -0.2) is 23.5 Å². The predicted molar refractivity (Wildman–Crippen MR) is 83.0 cm³/mol. The molecule has 0 aromatic heterocycles. The van der Waals surface area contributed by atoms with Gasteiger partial charge in [0.25, 0.3) is 0 Å². The van der Waals surface area contributed by atoms with E-state index in [4.69, 9.17) is 11.6 Å². The van der Waals surface area contributed by atoms with E-state index in [1.54, 1.807) is 0 Å². The summed E-state index contributed by atoms with van der Waals surface area (Å²) in [5.41, 5.74) is 1.18. The summed E-state index contributed by atoms with van der Waals surface area (Å²) in [6.45, 7) is 4.81. The lowest BCUT2D eigenvalue weighted by Crippen LogP contribution is -2.44. The topological polar surface area (TPSA) is 32.3 Å². The first-order valence-electron chi connectivity index (χ1n) is 7.40. The molecule has 0 unspecified atom stereocenters.